The largest absolute Gasteiger partial charge is 0.319 e. The molecule has 0 spiro atoms. The molecule has 0 atom stereocenters. The predicted octanol–water partition coefficient (Wildman–Crippen LogP) is 12.5. The Morgan fingerprint density at radius 2 is 1.51 bits per heavy atom. The number of hydrogen-bond donors (Lipinski definition) is 0. The molecule has 10 rings (SSSR count). The van der Waals surface area contributed by atoms with Gasteiger partial charge >= 0.3 is 0 Å². The summed E-state index contributed by atoms with van der Waals surface area (Å²) in [6.45, 7) is 4.71. The van der Waals surface area contributed by atoms with Crippen LogP contribution in [-0.2, 0) is 25.5 Å². The van der Waals surface area contributed by atoms with Gasteiger partial charge in [0.05, 0.1) is 16.7 Å². The van der Waals surface area contributed by atoms with Crippen molar-refractivity contribution in [3.05, 3.63) is 174 Å². The molecule has 3 nitrogen and oxygen atoms in total. The second kappa shape index (κ2) is 13.4. The fraction of sp³-hybridized carbons (Fsp3) is 0.0667. The Hall–Kier alpha value is -4.71. The van der Waals surface area contributed by atoms with Crippen LogP contribution in [0.1, 0.15) is 25.0 Å². The first kappa shape index (κ1) is 33.4. The summed E-state index contributed by atoms with van der Waals surface area (Å²) in [6.07, 6.45) is 3.68. The van der Waals surface area contributed by atoms with E-state index < -0.39 is 0 Å². The number of para-hydroxylation sites is 2. The van der Waals surface area contributed by atoms with E-state index >= 15 is 0 Å². The van der Waals surface area contributed by atoms with Crippen molar-refractivity contribution in [2.75, 3.05) is 0 Å². The summed E-state index contributed by atoms with van der Waals surface area (Å²) in [5.74, 6) is 0. The Labute approximate surface area is 323 Å². The molecule has 249 valence electrons. The molecule has 0 saturated heterocycles. The van der Waals surface area contributed by atoms with E-state index in [1.165, 1.54) is 54.4 Å². The molecule has 1 radical (unpaired) electrons. The monoisotopic (exact) mass is 916 g/mol. The van der Waals surface area contributed by atoms with Gasteiger partial charge in [-0.15, -0.1) is 29.8 Å². The second-order valence-electron chi connectivity index (χ2n) is 13.0. The SMILES string of the molecule is Brc1cc[c-]c(-c2nccc3ccccc23)c1.CC1(C)c2cc(-c3c[c-]c(-c4ccccn4)s3)ccc2-n2c3ccccc3c3cccc1c32.[Ir]. The van der Waals surface area contributed by atoms with Gasteiger partial charge in [-0.25, -0.2) is 11.3 Å². The number of aromatic nitrogens is 3. The minimum absolute atomic E-state index is 0. The van der Waals surface area contributed by atoms with Crippen molar-refractivity contribution >= 4 is 59.8 Å². The van der Waals surface area contributed by atoms with E-state index in [0.717, 1.165) is 31.7 Å². The van der Waals surface area contributed by atoms with Crippen molar-refractivity contribution in [1.29, 1.82) is 0 Å². The van der Waals surface area contributed by atoms with E-state index in [-0.39, 0.29) is 25.5 Å². The first-order valence-corrected chi connectivity index (χ1v) is 18.2. The van der Waals surface area contributed by atoms with Crippen LogP contribution in [-0.4, -0.2) is 14.5 Å². The molecule has 0 N–H and O–H groups in total. The van der Waals surface area contributed by atoms with E-state index in [4.69, 9.17) is 0 Å². The predicted molar refractivity (Wildman–Crippen MR) is 212 cm³/mol. The molecule has 0 aliphatic carbocycles. The maximum Gasteiger partial charge on any atom is 0.0582 e. The topological polar surface area (TPSA) is 30.7 Å². The quantitative estimate of drug-likeness (QED) is 0.165. The average Bonchev–Trinajstić information content (AvgIpc) is 3.79. The third-order valence-electron chi connectivity index (χ3n) is 9.70. The molecule has 0 unspecified atom stereocenters. The summed E-state index contributed by atoms with van der Waals surface area (Å²) in [7, 11) is 0. The van der Waals surface area contributed by atoms with Gasteiger partial charge in [0.15, 0.2) is 0 Å². The van der Waals surface area contributed by atoms with E-state index in [1.54, 1.807) is 11.3 Å². The van der Waals surface area contributed by atoms with E-state index in [0.29, 0.717) is 0 Å². The molecule has 0 bridgehead atoms. The molecule has 5 heterocycles. The van der Waals surface area contributed by atoms with Crippen molar-refractivity contribution in [3.63, 3.8) is 0 Å². The minimum Gasteiger partial charge on any atom is -0.319 e. The third-order valence-corrected chi connectivity index (χ3v) is 11.3. The van der Waals surface area contributed by atoms with Crippen LogP contribution in [0.3, 0.4) is 0 Å². The zero-order valence-electron chi connectivity index (χ0n) is 27.8. The number of nitrogens with zero attached hydrogens (tertiary/aromatic N) is 3. The van der Waals surface area contributed by atoms with Crippen molar-refractivity contribution < 1.29 is 20.1 Å². The van der Waals surface area contributed by atoms with Gasteiger partial charge in [-0.3, -0.25) is 0 Å². The second-order valence-corrected chi connectivity index (χ2v) is 15.0. The molecule has 9 aromatic rings. The molecule has 51 heavy (non-hydrogen) atoms. The summed E-state index contributed by atoms with van der Waals surface area (Å²) in [5, 5.41) is 5.00. The first-order valence-electron chi connectivity index (χ1n) is 16.6. The van der Waals surface area contributed by atoms with Crippen LogP contribution in [0.15, 0.2) is 150 Å². The van der Waals surface area contributed by atoms with Gasteiger partial charge in [-0.1, -0.05) is 134 Å². The van der Waals surface area contributed by atoms with Crippen molar-refractivity contribution in [2.24, 2.45) is 0 Å². The van der Waals surface area contributed by atoms with Crippen LogP contribution < -0.4 is 0 Å². The Bertz CT molecular complexity index is 2710. The number of pyridine rings is 2. The van der Waals surface area contributed by atoms with Gasteiger partial charge < -0.3 is 14.5 Å². The van der Waals surface area contributed by atoms with Gasteiger partial charge in [0.1, 0.15) is 0 Å². The van der Waals surface area contributed by atoms with Gasteiger partial charge in [0.2, 0.25) is 0 Å². The average molecular weight is 917 g/mol. The maximum absolute atomic E-state index is 4.49. The fourth-order valence-electron chi connectivity index (χ4n) is 7.28. The number of benzene rings is 5. The number of rotatable bonds is 3. The molecular formula is C45H30BrIrN3S-2. The first-order chi connectivity index (χ1) is 24.5. The zero-order chi connectivity index (χ0) is 33.8. The molecule has 0 saturated carbocycles. The summed E-state index contributed by atoms with van der Waals surface area (Å²) in [6, 6.07) is 53.4. The van der Waals surface area contributed by atoms with Gasteiger partial charge in [-0.2, -0.15) is 12.1 Å². The molecule has 4 aromatic heterocycles. The Morgan fingerprint density at radius 1 is 0.706 bits per heavy atom. The molecule has 0 fully saturated rings. The summed E-state index contributed by atoms with van der Waals surface area (Å²) >= 11 is 5.22. The number of hydrogen-bond acceptors (Lipinski definition) is 3. The molecule has 6 heteroatoms. The molecule has 1 aliphatic heterocycles. The smallest absolute Gasteiger partial charge is 0.0582 e. The molecule has 0 amide bonds. The third kappa shape index (κ3) is 5.77. The van der Waals surface area contributed by atoms with E-state index in [2.05, 4.69) is 135 Å². The van der Waals surface area contributed by atoms with E-state index in [9.17, 15) is 0 Å². The van der Waals surface area contributed by atoms with Crippen LogP contribution in [0.2, 0.25) is 0 Å². The summed E-state index contributed by atoms with van der Waals surface area (Å²) in [5.41, 5.74) is 10.7. The van der Waals surface area contributed by atoms with Crippen LogP contribution in [0, 0.1) is 12.1 Å². The summed E-state index contributed by atoms with van der Waals surface area (Å²) in [4.78, 5) is 11.3. The van der Waals surface area contributed by atoms with Crippen LogP contribution in [0.5, 0.6) is 0 Å². The van der Waals surface area contributed by atoms with Crippen molar-refractivity contribution in [1.82, 2.24) is 14.5 Å². The zero-order valence-corrected chi connectivity index (χ0v) is 32.6. The number of halogens is 1. The summed E-state index contributed by atoms with van der Waals surface area (Å²) < 4.78 is 3.51. The van der Waals surface area contributed by atoms with Gasteiger partial charge in [-0.05, 0) is 57.6 Å². The van der Waals surface area contributed by atoms with Crippen LogP contribution in [0.4, 0.5) is 0 Å². The molecular weight excluding hydrogens is 887 g/mol. The van der Waals surface area contributed by atoms with Crippen molar-refractivity contribution in [2.45, 2.75) is 19.3 Å². The Morgan fingerprint density at radius 3 is 2.35 bits per heavy atom. The van der Waals surface area contributed by atoms with Gasteiger partial charge in [0.25, 0.3) is 0 Å². The van der Waals surface area contributed by atoms with Crippen LogP contribution >= 0.6 is 27.3 Å². The number of thiophene rings is 1. The van der Waals surface area contributed by atoms with Crippen molar-refractivity contribution in [3.8, 4) is 38.0 Å². The Balaban J connectivity index is 0.000000176. The Kier molecular flexibility index (Phi) is 8.81. The normalized spacial score (nSPS) is 12.6. The minimum atomic E-state index is -0.0972. The van der Waals surface area contributed by atoms with Gasteiger partial charge in [0, 0.05) is 48.7 Å². The molecule has 5 aromatic carbocycles. The number of fused-ring (bicyclic) bond motifs is 6. The van der Waals surface area contributed by atoms with E-state index in [1.807, 2.05) is 67.0 Å². The fourth-order valence-corrected chi connectivity index (χ4v) is 8.57. The molecule has 1 aliphatic rings. The maximum atomic E-state index is 4.49. The standard InChI is InChI=1S/C30H21N2S.C15H9BrN.Ir/c1-30(2)22-10-7-9-21-20-8-3-4-12-25(20)32(29(21)22)26-14-13-19(18-23(26)30)27-15-16-28(33-27)24-11-5-6-17-31-24;16-13-6-3-5-12(10-13)15-14-7-2-1-4-11(14)8-9-17-15;/h3-15,17-18H,1-2H3;1-4,6-10H;/q2*-1;. The van der Waals surface area contributed by atoms with Crippen LogP contribution in [0.25, 0.3) is 70.5 Å².